The van der Waals surface area contributed by atoms with E-state index < -0.39 is 0 Å². The molecule has 5 heteroatoms. The number of para-hydroxylation sites is 1. The van der Waals surface area contributed by atoms with E-state index in [1.807, 2.05) is 36.4 Å². The maximum Gasteiger partial charge on any atom is 0.260 e. The lowest BCUT2D eigenvalue weighted by atomic mass is 10.1. The summed E-state index contributed by atoms with van der Waals surface area (Å²) in [6, 6.07) is 15.4. The topological polar surface area (TPSA) is 57.8 Å². The van der Waals surface area contributed by atoms with Crippen LogP contribution in [0.4, 0.5) is 5.69 Å². The minimum absolute atomic E-state index is 0.0686. The molecule has 2 heterocycles. The van der Waals surface area contributed by atoms with Crippen molar-refractivity contribution in [1.82, 2.24) is 9.47 Å². The lowest BCUT2D eigenvalue weighted by molar-refractivity contribution is 0.221. The summed E-state index contributed by atoms with van der Waals surface area (Å²) in [6.45, 7) is 3.14. The van der Waals surface area contributed by atoms with Crippen LogP contribution in [0.5, 0.6) is 5.88 Å². The van der Waals surface area contributed by atoms with Gasteiger partial charge in [-0.15, -0.1) is 0 Å². The van der Waals surface area contributed by atoms with Crippen molar-refractivity contribution in [2.24, 2.45) is 12.0 Å². The molecule has 1 fully saturated rings. The van der Waals surface area contributed by atoms with Gasteiger partial charge in [-0.1, -0.05) is 42.8 Å². The van der Waals surface area contributed by atoms with Gasteiger partial charge in [0.05, 0.1) is 11.3 Å². The summed E-state index contributed by atoms with van der Waals surface area (Å²) in [5.41, 5.74) is 2.42. The Morgan fingerprint density at radius 3 is 2.46 bits per heavy atom. The number of fused-ring (bicyclic) bond motifs is 1. The molecule has 0 saturated carbocycles. The summed E-state index contributed by atoms with van der Waals surface area (Å²) in [5.74, 6) is -0.0686. The second kappa shape index (κ2) is 7.98. The van der Waals surface area contributed by atoms with Gasteiger partial charge >= 0.3 is 0 Å². The van der Waals surface area contributed by atoms with Gasteiger partial charge in [0.1, 0.15) is 0 Å². The molecule has 1 N–H and O–H groups in total. The largest absolute Gasteiger partial charge is 0.494 e. The highest BCUT2D eigenvalue weighted by molar-refractivity contribution is 6.02. The van der Waals surface area contributed by atoms with Gasteiger partial charge < -0.3 is 5.11 Å². The van der Waals surface area contributed by atoms with Gasteiger partial charge in [0.25, 0.3) is 5.56 Å². The van der Waals surface area contributed by atoms with Gasteiger partial charge in [-0.25, -0.2) is 0 Å². The van der Waals surface area contributed by atoms with E-state index in [9.17, 15) is 9.90 Å². The van der Waals surface area contributed by atoms with E-state index in [4.69, 9.17) is 4.99 Å². The van der Waals surface area contributed by atoms with Crippen LogP contribution >= 0.6 is 0 Å². The molecule has 1 aromatic heterocycles. The van der Waals surface area contributed by atoms with E-state index in [1.165, 1.54) is 29.4 Å². The van der Waals surface area contributed by atoms with Gasteiger partial charge in [0, 0.05) is 30.6 Å². The average Bonchev–Trinajstić information content (AvgIpc) is 2.74. The minimum atomic E-state index is -0.212. The van der Waals surface area contributed by atoms with E-state index in [-0.39, 0.29) is 11.4 Å². The van der Waals surface area contributed by atoms with Crippen molar-refractivity contribution in [3.8, 4) is 5.88 Å². The molecule has 0 amide bonds. The molecule has 1 aliphatic rings. The summed E-state index contributed by atoms with van der Waals surface area (Å²) in [7, 11) is 1.58. The van der Waals surface area contributed by atoms with E-state index >= 15 is 0 Å². The highest BCUT2D eigenvalue weighted by atomic mass is 16.3. The highest BCUT2D eigenvalue weighted by Crippen LogP contribution is 2.25. The zero-order chi connectivity index (χ0) is 19.5. The number of aromatic hydroxyl groups is 1. The van der Waals surface area contributed by atoms with E-state index in [1.54, 1.807) is 19.3 Å². The Morgan fingerprint density at radius 2 is 1.68 bits per heavy atom. The van der Waals surface area contributed by atoms with Gasteiger partial charge in [-0.3, -0.25) is 19.3 Å². The third-order valence-electron chi connectivity index (χ3n) is 5.48. The van der Waals surface area contributed by atoms with Crippen LogP contribution < -0.4 is 5.56 Å². The van der Waals surface area contributed by atoms with Crippen LogP contribution in [-0.2, 0) is 13.6 Å². The molecule has 1 saturated heterocycles. The highest BCUT2D eigenvalue weighted by Gasteiger charge is 2.14. The number of hydrogen-bond acceptors (Lipinski definition) is 4. The van der Waals surface area contributed by atoms with Crippen LogP contribution in [0.2, 0.25) is 0 Å². The first-order chi connectivity index (χ1) is 13.6. The van der Waals surface area contributed by atoms with E-state index in [0.717, 1.165) is 25.3 Å². The summed E-state index contributed by atoms with van der Waals surface area (Å²) in [5, 5.41) is 11.8. The fraction of sp³-hybridized carbons (Fsp3) is 0.304. The lowest BCUT2D eigenvalue weighted by Crippen LogP contribution is -2.29. The fourth-order valence-electron chi connectivity index (χ4n) is 3.87. The van der Waals surface area contributed by atoms with Gasteiger partial charge in [-0.05, 0) is 43.6 Å². The number of benzene rings is 2. The van der Waals surface area contributed by atoms with Crippen LogP contribution in [0.3, 0.4) is 0 Å². The first kappa shape index (κ1) is 18.4. The van der Waals surface area contributed by atoms with Crippen molar-refractivity contribution in [3.63, 3.8) is 0 Å². The monoisotopic (exact) mass is 375 g/mol. The molecule has 0 aliphatic carbocycles. The number of hydrogen-bond donors (Lipinski definition) is 1. The first-order valence-corrected chi connectivity index (χ1v) is 9.80. The molecule has 0 unspecified atom stereocenters. The Morgan fingerprint density at radius 1 is 1.00 bits per heavy atom. The quantitative estimate of drug-likeness (QED) is 0.702. The van der Waals surface area contributed by atoms with Crippen LogP contribution in [0.1, 0.15) is 30.4 Å². The first-order valence-electron chi connectivity index (χ1n) is 9.80. The van der Waals surface area contributed by atoms with Crippen molar-refractivity contribution in [2.75, 3.05) is 13.1 Å². The maximum atomic E-state index is 12.4. The van der Waals surface area contributed by atoms with Gasteiger partial charge in [-0.2, -0.15) is 0 Å². The Kier molecular flexibility index (Phi) is 5.26. The summed E-state index contributed by atoms with van der Waals surface area (Å²) >= 11 is 0. The number of aliphatic imine (C=N–C) groups is 1. The Labute approximate surface area is 164 Å². The molecule has 2 aromatic carbocycles. The van der Waals surface area contributed by atoms with Gasteiger partial charge in [0.2, 0.25) is 5.88 Å². The van der Waals surface area contributed by atoms with Crippen molar-refractivity contribution in [2.45, 2.75) is 25.8 Å². The molecule has 28 heavy (non-hydrogen) atoms. The van der Waals surface area contributed by atoms with Crippen LogP contribution in [-0.4, -0.2) is 33.9 Å². The molecular formula is C23H25N3O2. The molecule has 0 radical (unpaired) electrons. The molecule has 0 spiro atoms. The van der Waals surface area contributed by atoms with Crippen molar-refractivity contribution >= 4 is 22.7 Å². The molecule has 1 aliphatic heterocycles. The normalized spacial score (nSPS) is 15.5. The summed E-state index contributed by atoms with van der Waals surface area (Å²) in [6.07, 6.45) is 5.49. The molecular weight excluding hydrogens is 350 g/mol. The van der Waals surface area contributed by atoms with E-state index in [0.29, 0.717) is 16.3 Å². The minimum Gasteiger partial charge on any atom is -0.494 e. The molecule has 4 rings (SSSR count). The third-order valence-corrected chi connectivity index (χ3v) is 5.48. The second-order valence-corrected chi connectivity index (χ2v) is 7.37. The number of piperidine rings is 1. The standard InChI is InChI=1S/C23H25N3O2/c1-25-22(27)19-11-5-4-10-18(19)20(23(25)28)15-24-21-12-6-3-9-17(21)16-26-13-7-2-8-14-26/h3-6,9-12,15,28H,2,7-8,13-14,16H2,1H3. The fourth-order valence-corrected chi connectivity index (χ4v) is 3.87. The average molecular weight is 375 g/mol. The third kappa shape index (κ3) is 3.58. The number of rotatable bonds is 4. The Bertz CT molecular complexity index is 1080. The molecule has 5 nitrogen and oxygen atoms in total. The molecule has 0 bridgehead atoms. The lowest BCUT2D eigenvalue weighted by Gasteiger charge is -2.26. The number of likely N-dealkylation sites (tertiary alicyclic amines) is 1. The van der Waals surface area contributed by atoms with Crippen molar-refractivity contribution in [3.05, 3.63) is 70.0 Å². The Hall–Kier alpha value is -2.92. The number of nitrogens with zero attached hydrogens (tertiary/aromatic N) is 3. The van der Waals surface area contributed by atoms with Crippen molar-refractivity contribution in [1.29, 1.82) is 0 Å². The van der Waals surface area contributed by atoms with E-state index in [2.05, 4.69) is 11.0 Å². The summed E-state index contributed by atoms with van der Waals surface area (Å²) in [4.78, 5) is 19.6. The van der Waals surface area contributed by atoms with Gasteiger partial charge in [0.15, 0.2) is 0 Å². The zero-order valence-electron chi connectivity index (χ0n) is 16.1. The number of aromatic nitrogens is 1. The van der Waals surface area contributed by atoms with Crippen molar-refractivity contribution < 1.29 is 5.11 Å². The van der Waals surface area contributed by atoms with Crippen LogP contribution in [0.15, 0.2) is 58.3 Å². The maximum absolute atomic E-state index is 12.4. The SMILES string of the molecule is Cn1c(O)c(C=Nc2ccccc2CN2CCCCC2)c2ccccc2c1=O. The second-order valence-electron chi connectivity index (χ2n) is 7.37. The predicted octanol–water partition coefficient (Wildman–Crippen LogP) is 3.98. The molecule has 144 valence electrons. The zero-order valence-corrected chi connectivity index (χ0v) is 16.1. The smallest absolute Gasteiger partial charge is 0.260 e. The van der Waals surface area contributed by atoms with Crippen LogP contribution in [0.25, 0.3) is 10.8 Å². The summed E-state index contributed by atoms with van der Waals surface area (Å²) < 4.78 is 1.27. The molecule has 0 atom stereocenters. The number of pyridine rings is 1. The Balaban J connectivity index is 1.72. The van der Waals surface area contributed by atoms with Crippen LogP contribution in [0, 0.1) is 0 Å². The molecule has 3 aromatic rings. The predicted molar refractivity (Wildman–Crippen MR) is 114 cm³/mol.